The maximum absolute atomic E-state index is 11.2. The van der Waals surface area contributed by atoms with Crippen LogP contribution in [0.25, 0.3) is 0 Å². The summed E-state index contributed by atoms with van der Waals surface area (Å²) >= 11 is 0. The number of benzene rings is 1. The van der Waals surface area contributed by atoms with E-state index in [0.717, 1.165) is 24.3 Å². The Morgan fingerprint density at radius 1 is 1.39 bits per heavy atom. The first-order valence-corrected chi connectivity index (χ1v) is 7.66. The molecule has 0 bridgehead atoms. The van der Waals surface area contributed by atoms with E-state index in [0.29, 0.717) is 6.61 Å². The van der Waals surface area contributed by atoms with Gasteiger partial charge in [-0.15, -0.1) is 0 Å². The number of rotatable bonds is 8. The molecule has 0 unspecified atom stereocenters. The lowest BCUT2D eigenvalue weighted by atomic mass is 10.1. The van der Waals surface area contributed by atoms with Gasteiger partial charge in [-0.25, -0.2) is 0 Å². The maximum Gasteiger partial charge on any atom is 0.219 e. The predicted octanol–water partition coefficient (Wildman–Crippen LogP) is 1.86. The highest BCUT2D eigenvalue weighted by molar-refractivity contribution is 5.72. The van der Waals surface area contributed by atoms with Crippen LogP contribution >= 0.6 is 0 Å². The third kappa shape index (κ3) is 5.41. The summed E-state index contributed by atoms with van der Waals surface area (Å²) in [7, 11) is 1.67. The quantitative estimate of drug-likeness (QED) is 0.755. The van der Waals surface area contributed by atoms with E-state index in [1.165, 1.54) is 11.8 Å². The van der Waals surface area contributed by atoms with Gasteiger partial charge >= 0.3 is 0 Å². The molecule has 1 aromatic heterocycles. The van der Waals surface area contributed by atoms with E-state index in [9.17, 15) is 9.90 Å². The maximum atomic E-state index is 11.2. The molecule has 0 spiro atoms. The fourth-order valence-electron chi connectivity index (χ4n) is 2.13. The molecule has 124 valence electrons. The molecule has 23 heavy (non-hydrogen) atoms. The molecule has 1 aromatic carbocycles. The molecule has 6 nitrogen and oxygen atoms in total. The highest BCUT2D eigenvalue weighted by Gasteiger charge is 2.12. The lowest BCUT2D eigenvalue weighted by Gasteiger charge is -2.19. The number of aliphatic hydroxyl groups is 1. The number of aromatic nitrogens is 2. The van der Waals surface area contributed by atoms with E-state index in [1.807, 2.05) is 41.2 Å². The fraction of sp³-hybridized carbons (Fsp3) is 0.412. The molecule has 0 saturated carbocycles. The molecule has 0 radical (unpaired) electrons. The van der Waals surface area contributed by atoms with Crippen LogP contribution in [0.5, 0.6) is 5.75 Å². The van der Waals surface area contributed by atoms with Crippen molar-refractivity contribution in [3.8, 4) is 5.75 Å². The van der Waals surface area contributed by atoms with Gasteiger partial charge < -0.3 is 14.7 Å². The third-order valence-corrected chi connectivity index (χ3v) is 3.61. The summed E-state index contributed by atoms with van der Waals surface area (Å²) in [6.07, 6.45) is 3.86. The van der Waals surface area contributed by atoms with Crippen LogP contribution in [0, 0.1) is 0 Å². The summed E-state index contributed by atoms with van der Waals surface area (Å²) in [5.41, 5.74) is 0.766. The van der Waals surface area contributed by atoms with Crippen LogP contribution in [0.1, 0.15) is 25.0 Å². The lowest BCUT2D eigenvalue weighted by Crippen LogP contribution is -2.28. The Morgan fingerprint density at radius 3 is 2.74 bits per heavy atom. The predicted molar refractivity (Wildman–Crippen MR) is 87.1 cm³/mol. The molecule has 1 heterocycles. The Labute approximate surface area is 136 Å². The van der Waals surface area contributed by atoms with Crippen molar-refractivity contribution in [3.05, 3.63) is 48.3 Å². The van der Waals surface area contributed by atoms with E-state index < -0.39 is 6.10 Å². The number of carbonyl (C=O) groups excluding carboxylic acids is 1. The molecule has 6 heteroatoms. The molecular weight excluding hydrogens is 294 g/mol. The normalized spacial score (nSPS) is 12.0. The van der Waals surface area contributed by atoms with Crippen LogP contribution in [-0.2, 0) is 11.3 Å². The molecule has 0 aliphatic carbocycles. The second kappa shape index (κ2) is 8.33. The number of carbonyl (C=O) groups is 1. The highest BCUT2D eigenvalue weighted by Crippen LogP contribution is 2.18. The molecule has 0 saturated heterocycles. The van der Waals surface area contributed by atoms with Crippen molar-refractivity contribution in [3.63, 3.8) is 0 Å². The molecule has 0 aliphatic rings. The smallest absolute Gasteiger partial charge is 0.219 e. The molecule has 1 atom stereocenters. The van der Waals surface area contributed by atoms with Crippen molar-refractivity contribution in [1.29, 1.82) is 0 Å². The van der Waals surface area contributed by atoms with Gasteiger partial charge in [-0.3, -0.25) is 9.48 Å². The summed E-state index contributed by atoms with van der Waals surface area (Å²) in [5, 5.41) is 14.2. The van der Waals surface area contributed by atoms with Crippen molar-refractivity contribution in [2.45, 2.75) is 26.0 Å². The van der Waals surface area contributed by atoms with E-state index in [2.05, 4.69) is 5.10 Å². The van der Waals surface area contributed by atoms with Crippen LogP contribution in [0.4, 0.5) is 0 Å². The van der Waals surface area contributed by atoms with Crippen molar-refractivity contribution in [1.82, 2.24) is 14.7 Å². The monoisotopic (exact) mass is 317 g/mol. The lowest BCUT2D eigenvalue weighted by molar-refractivity contribution is -0.128. The Hall–Kier alpha value is -2.34. The van der Waals surface area contributed by atoms with Crippen LogP contribution in [-0.4, -0.2) is 45.9 Å². The number of aryl methyl sites for hydroxylation is 1. The Morgan fingerprint density at radius 2 is 2.13 bits per heavy atom. The van der Waals surface area contributed by atoms with Crippen molar-refractivity contribution in [2.24, 2.45) is 0 Å². The molecule has 0 fully saturated rings. The van der Waals surface area contributed by atoms with Gasteiger partial charge in [0.05, 0.1) is 19.3 Å². The van der Waals surface area contributed by atoms with Gasteiger partial charge in [0.15, 0.2) is 0 Å². The van der Waals surface area contributed by atoms with Crippen molar-refractivity contribution in [2.75, 3.05) is 20.2 Å². The Kier molecular flexibility index (Phi) is 6.17. The number of amides is 1. The first kappa shape index (κ1) is 17.0. The average molecular weight is 317 g/mol. The van der Waals surface area contributed by atoms with E-state index in [1.54, 1.807) is 13.2 Å². The van der Waals surface area contributed by atoms with Gasteiger partial charge in [0.2, 0.25) is 5.91 Å². The minimum absolute atomic E-state index is 0.0683. The third-order valence-electron chi connectivity index (χ3n) is 3.61. The second-order valence-electron chi connectivity index (χ2n) is 5.46. The largest absolute Gasteiger partial charge is 0.494 e. The minimum atomic E-state index is -0.697. The van der Waals surface area contributed by atoms with E-state index in [4.69, 9.17) is 4.74 Å². The molecule has 1 amide bonds. The average Bonchev–Trinajstić information content (AvgIpc) is 3.05. The number of hydrogen-bond donors (Lipinski definition) is 1. The highest BCUT2D eigenvalue weighted by atomic mass is 16.5. The zero-order valence-corrected chi connectivity index (χ0v) is 13.6. The first-order valence-electron chi connectivity index (χ1n) is 7.66. The van der Waals surface area contributed by atoms with Gasteiger partial charge in [-0.05, 0) is 23.8 Å². The van der Waals surface area contributed by atoms with Crippen molar-refractivity contribution >= 4 is 5.91 Å². The SMILES string of the molecule is CC(=O)N(C)C[C@H](O)c1ccc(OCCCn2cccn2)cc1. The Balaban J connectivity index is 1.76. The first-order chi connectivity index (χ1) is 11.1. The van der Waals surface area contributed by atoms with Gasteiger partial charge in [0.1, 0.15) is 5.75 Å². The summed E-state index contributed by atoms with van der Waals surface area (Å²) < 4.78 is 7.54. The number of nitrogens with zero attached hydrogens (tertiary/aromatic N) is 3. The minimum Gasteiger partial charge on any atom is -0.494 e. The fourth-order valence-corrected chi connectivity index (χ4v) is 2.13. The molecule has 2 aromatic rings. The topological polar surface area (TPSA) is 67.6 Å². The number of hydrogen-bond acceptors (Lipinski definition) is 4. The second-order valence-corrected chi connectivity index (χ2v) is 5.46. The molecule has 1 N–H and O–H groups in total. The summed E-state index contributed by atoms with van der Waals surface area (Å²) in [6, 6.07) is 9.21. The zero-order valence-electron chi connectivity index (χ0n) is 13.6. The van der Waals surface area contributed by atoms with E-state index in [-0.39, 0.29) is 12.5 Å². The van der Waals surface area contributed by atoms with Gasteiger partial charge in [0, 0.05) is 39.3 Å². The van der Waals surface area contributed by atoms with Crippen LogP contribution in [0.15, 0.2) is 42.7 Å². The van der Waals surface area contributed by atoms with Crippen molar-refractivity contribution < 1.29 is 14.6 Å². The molecule has 0 aliphatic heterocycles. The Bertz CT molecular complexity index is 596. The van der Waals surface area contributed by atoms with Crippen LogP contribution < -0.4 is 4.74 Å². The zero-order chi connectivity index (χ0) is 16.7. The molecule has 2 rings (SSSR count). The van der Waals surface area contributed by atoms with Gasteiger partial charge in [-0.2, -0.15) is 5.10 Å². The van der Waals surface area contributed by atoms with Gasteiger partial charge in [-0.1, -0.05) is 12.1 Å². The standard InChI is InChI=1S/C17H23N3O3/c1-14(21)19(2)13-17(22)15-5-7-16(8-6-15)23-12-4-11-20-10-3-9-18-20/h3,5-10,17,22H,4,11-13H2,1-2H3/t17-/m0/s1. The molecular formula is C17H23N3O3. The number of aliphatic hydroxyl groups excluding tert-OH is 1. The summed E-state index contributed by atoms with van der Waals surface area (Å²) in [5.74, 6) is 0.697. The van der Waals surface area contributed by atoms with Crippen LogP contribution in [0.2, 0.25) is 0 Å². The summed E-state index contributed by atoms with van der Waals surface area (Å²) in [6.45, 7) is 3.18. The summed E-state index contributed by atoms with van der Waals surface area (Å²) in [4.78, 5) is 12.7. The van der Waals surface area contributed by atoms with Crippen LogP contribution in [0.3, 0.4) is 0 Å². The number of ether oxygens (including phenoxy) is 1. The van der Waals surface area contributed by atoms with E-state index >= 15 is 0 Å². The number of likely N-dealkylation sites (N-methyl/N-ethyl adjacent to an activating group) is 1. The van der Waals surface area contributed by atoms with Gasteiger partial charge in [0.25, 0.3) is 0 Å².